The van der Waals surface area contributed by atoms with E-state index in [2.05, 4.69) is 88.7 Å². The fourth-order valence-corrected chi connectivity index (χ4v) is 5.35. The zero-order valence-corrected chi connectivity index (χ0v) is 17.1. The number of fused-ring (bicyclic) bond motifs is 9. The van der Waals surface area contributed by atoms with Gasteiger partial charge in [0, 0.05) is 15.6 Å². The predicted molar refractivity (Wildman–Crippen MR) is 117 cm³/mol. The van der Waals surface area contributed by atoms with Crippen LogP contribution in [0.5, 0.6) is 11.5 Å². The van der Waals surface area contributed by atoms with Gasteiger partial charge in [0.25, 0.3) is 0 Å². The fourth-order valence-electron chi connectivity index (χ4n) is 4.84. The largest absolute Gasteiger partial charge is 0.457 e. The molecule has 0 saturated carbocycles. The molecule has 1 heterocycles. The van der Waals surface area contributed by atoms with E-state index in [1.54, 1.807) is 0 Å². The van der Waals surface area contributed by atoms with Crippen LogP contribution in [0, 0.1) is 0 Å². The van der Waals surface area contributed by atoms with Crippen molar-refractivity contribution in [3.05, 3.63) is 117 Å². The van der Waals surface area contributed by atoms with Crippen molar-refractivity contribution in [2.45, 2.75) is 5.41 Å². The van der Waals surface area contributed by atoms with Crippen LogP contribution >= 0.6 is 27.5 Å². The maximum absolute atomic E-state index is 6.52. The first-order chi connectivity index (χ1) is 13.7. The van der Waals surface area contributed by atoms with Crippen LogP contribution in [0.15, 0.2) is 89.4 Å². The van der Waals surface area contributed by atoms with Gasteiger partial charge in [-0.25, -0.2) is 0 Å². The van der Waals surface area contributed by atoms with Gasteiger partial charge in [0.15, 0.2) is 0 Å². The van der Waals surface area contributed by atoms with Crippen molar-refractivity contribution >= 4 is 27.5 Å². The molecule has 1 aliphatic heterocycles. The van der Waals surface area contributed by atoms with Crippen molar-refractivity contribution in [1.29, 1.82) is 0 Å². The topological polar surface area (TPSA) is 9.23 Å². The number of rotatable bonds is 0. The van der Waals surface area contributed by atoms with Crippen molar-refractivity contribution in [2.75, 3.05) is 0 Å². The molecule has 2 aliphatic rings. The smallest absolute Gasteiger partial charge is 0.132 e. The van der Waals surface area contributed by atoms with Gasteiger partial charge >= 0.3 is 0 Å². The SMILES string of the molecule is Clc1cc2c(cc1Br)C1(c3ccccc3Oc3ccccc31)c1ccccc1-2. The molecular formula is C25H14BrClO. The summed E-state index contributed by atoms with van der Waals surface area (Å²) < 4.78 is 7.21. The molecule has 0 radical (unpaired) electrons. The first-order valence-corrected chi connectivity index (χ1v) is 10.3. The van der Waals surface area contributed by atoms with Crippen LogP contribution in [0.25, 0.3) is 11.1 Å². The average molecular weight is 446 g/mol. The third-order valence-electron chi connectivity index (χ3n) is 5.89. The molecule has 6 rings (SSSR count). The molecule has 3 heteroatoms. The summed E-state index contributed by atoms with van der Waals surface area (Å²) in [6.45, 7) is 0. The lowest BCUT2D eigenvalue weighted by Gasteiger charge is -2.39. The zero-order valence-electron chi connectivity index (χ0n) is 14.7. The molecule has 1 spiro atoms. The lowest BCUT2D eigenvalue weighted by molar-refractivity contribution is 0.436. The van der Waals surface area contributed by atoms with Crippen LogP contribution in [-0.4, -0.2) is 0 Å². The first kappa shape index (κ1) is 16.4. The molecule has 1 nitrogen and oxygen atoms in total. The highest BCUT2D eigenvalue weighted by molar-refractivity contribution is 9.10. The van der Waals surface area contributed by atoms with E-state index in [0.717, 1.165) is 32.1 Å². The van der Waals surface area contributed by atoms with Crippen LogP contribution in [0.1, 0.15) is 22.3 Å². The molecule has 1 aliphatic carbocycles. The van der Waals surface area contributed by atoms with E-state index in [1.165, 1.54) is 22.3 Å². The van der Waals surface area contributed by atoms with Gasteiger partial charge < -0.3 is 4.74 Å². The highest BCUT2D eigenvalue weighted by atomic mass is 79.9. The van der Waals surface area contributed by atoms with Crippen LogP contribution in [-0.2, 0) is 5.41 Å². The van der Waals surface area contributed by atoms with E-state index in [9.17, 15) is 0 Å². The van der Waals surface area contributed by atoms with Gasteiger partial charge in [-0.2, -0.15) is 0 Å². The summed E-state index contributed by atoms with van der Waals surface area (Å²) in [4.78, 5) is 0. The molecule has 4 aromatic rings. The summed E-state index contributed by atoms with van der Waals surface area (Å²) in [7, 11) is 0. The Morgan fingerprint density at radius 2 is 1.21 bits per heavy atom. The Bertz CT molecular complexity index is 1230. The number of benzene rings is 4. The van der Waals surface area contributed by atoms with Crippen molar-refractivity contribution in [2.24, 2.45) is 0 Å². The fraction of sp³-hybridized carbons (Fsp3) is 0.0400. The van der Waals surface area contributed by atoms with E-state index >= 15 is 0 Å². The molecule has 0 bridgehead atoms. The third kappa shape index (κ3) is 1.92. The Kier molecular flexibility index (Phi) is 3.36. The Balaban J connectivity index is 1.86. The summed E-state index contributed by atoms with van der Waals surface area (Å²) in [5.74, 6) is 1.80. The molecule has 0 amide bonds. The van der Waals surface area contributed by atoms with Gasteiger partial charge in [0.2, 0.25) is 0 Å². The Morgan fingerprint density at radius 1 is 0.643 bits per heavy atom. The minimum Gasteiger partial charge on any atom is -0.457 e. The summed E-state index contributed by atoms with van der Waals surface area (Å²) in [5.41, 5.74) is 6.79. The molecule has 0 fully saturated rings. The number of ether oxygens (including phenoxy) is 1. The number of para-hydroxylation sites is 2. The minimum atomic E-state index is -0.426. The van der Waals surface area contributed by atoms with Gasteiger partial charge in [-0.05, 0) is 62.4 Å². The average Bonchev–Trinajstić information content (AvgIpc) is 2.99. The van der Waals surface area contributed by atoms with Crippen LogP contribution in [0.3, 0.4) is 0 Å². The van der Waals surface area contributed by atoms with Crippen molar-refractivity contribution in [1.82, 2.24) is 0 Å². The maximum Gasteiger partial charge on any atom is 0.132 e. The van der Waals surface area contributed by atoms with E-state index in [0.29, 0.717) is 0 Å². The van der Waals surface area contributed by atoms with Crippen molar-refractivity contribution in [3.8, 4) is 22.6 Å². The van der Waals surface area contributed by atoms with Gasteiger partial charge in [-0.1, -0.05) is 72.3 Å². The Hall–Kier alpha value is -2.55. The van der Waals surface area contributed by atoms with Crippen LogP contribution < -0.4 is 4.74 Å². The highest BCUT2D eigenvalue weighted by Crippen LogP contribution is 2.62. The van der Waals surface area contributed by atoms with Crippen molar-refractivity contribution in [3.63, 3.8) is 0 Å². The second kappa shape index (κ2) is 5.73. The monoisotopic (exact) mass is 444 g/mol. The first-order valence-electron chi connectivity index (χ1n) is 9.17. The molecule has 134 valence electrons. The standard InChI is InChI=1S/C25H14BrClO/c26-21-14-20-16(13-22(21)27)15-7-1-2-8-17(15)25(20)18-9-3-5-11-23(18)28-24-12-6-4-10-19(24)25/h1-14H. The van der Waals surface area contributed by atoms with Gasteiger partial charge in [0.1, 0.15) is 11.5 Å². The predicted octanol–water partition coefficient (Wildman–Crippen LogP) is 7.57. The molecule has 0 atom stereocenters. The van der Waals surface area contributed by atoms with E-state index < -0.39 is 5.41 Å². The maximum atomic E-state index is 6.52. The molecule has 4 aromatic carbocycles. The summed E-state index contributed by atoms with van der Waals surface area (Å²) in [6.07, 6.45) is 0. The molecule has 0 saturated heterocycles. The molecule has 28 heavy (non-hydrogen) atoms. The van der Waals surface area contributed by atoms with E-state index in [4.69, 9.17) is 16.3 Å². The van der Waals surface area contributed by atoms with E-state index in [-0.39, 0.29) is 0 Å². The second-order valence-corrected chi connectivity index (χ2v) is 8.46. The quantitative estimate of drug-likeness (QED) is 0.234. The molecule has 0 N–H and O–H groups in total. The Labute approximate surface area is 176 Å². The zero-order chi connectivity index (χ0) is 18.9. The summed E-state index contributed by atoms with van der Waals surface area (Å²) in [6, 6.07) is 29.6. The van der Waals surface area contributed by atoms with Crippen LogP contribution in [0.2, 0.25) is 5.02 Å². The summed E-state index contributed by atoms with van der Waals surface area (Å²) >= 11 is 10.2. The summed E-state index contributed by atoms with van der Waals surface area (Å²) in [5, 5.41) is 0.722. The van der Waals surface area contributed by atoms with E-state index in [1.807, 2.05) is 12.1 Å². The lowest BCUT2D eigenvalue weighted by atomic mass is 9.66. The Morgan fingerprint density at radius 3 is 1.89 bits per heavy atom. The molecule has 0 aromatic heterocycles. The van der Waals surface area contributed by atoms with Gasteiger partial charge in [0.05, 0.1) is 10.4 Å². The highest BCUT2D eigenvalue weighted by Gasteiger charge is 2.51. The molecular weight excluding hydrogens is 432 g/mol. The normalized spacial score (nSPS) is 14.6. The second-order valence-electron chi connectivity index (χ2n) is 7.20. The van der Waals surface area contributed by atoms with Gasteiger partial charge in [-0.3, -0.25) is 0 Å². The number of hydrogen-bond acceptors (Lipinski definition) is 1. The number of hydrogen-bond donors (Lipinski definition) is 0. The van der Waals surface area contributed by atoms with Crippen molar-refractivity contribution < 1.29 is 4.74 Å². The molecule has 0 unspecified atom stereocenters. The van der Waals surface area contributed by atoms with Gasteiger partial charge in [-0.15, -0.1) is 0 Å². The number of halogens is 2. The van der Waals surface area contributed by atoms with Crippen LogP contribution in [0.4, 0.5) is 0 Å². The minimum absolute atomic E-state index is 0.426. The third-order valence-corrected chi connectivity index (χ3v) is 7.08. The lowest BCUT2D eigenvalue weighted by Crippen LogP contribution is -2.32.